The second kappa shape index (κ2) is 6.17. The molecule has 1 fully saturated rings. The molecule has 1 aromatic carbocycles. The number of aromatic nitrogens is 2. The highest BCUT2D eigenvalue weighted by Crippen LogP contribution is 2.35. The topological polar surface area (TPSA) is 55.2 Å². The van der Waals surface area contributed by atoms with Crippen LogP contribution in [0.5, 0.6) is 0 Å². The molecule has 2 heterocycles. The highest BCUT2D eigenvalue weighted by Gasteiger charge is 2.41. The van der Waals surface area contributed by atoms with Gasteiger partial charge in [-0.1, -0.05) is 0 Å². The normalized spacial score (nSPS) is 18.4. The molecule has 0 bridgehead atoms. The number of alkyl halides is 2. The van der Waals surface area contributed by atoms with Crippen molar-refractivity contribution in [2.45, 2.75) is 37.5 Å². The smallest absolute Gasteiger partial charge is 0.261 e. The fourth-order valence-electron chi connectivity index (χ4n) is 3.06. The molecular weight excluding hydrogens is 348 g/mol. The number of piperidine rings is 1. The van der Waals surface area contributed by atoms with Crippen LogP contribution in [0.1, 0.15) is 24.0 Å². The number of benzene rings is 1. The molecule has 2 aromatic rings. The van der Waals surface area contributed by atoms with Crippen molar-refractivity contribution in [3.8, 4) is 11.1 Å². The van der Waals surface area contributed by atoms with Crippen molar-refractivity contribution in [3.63, 3.8) is 0 Å². The fourth-order valence-corrected chi connectivity index (χ4v) is 4.85. The van der Waals surface area contributed by atoms with Gasteiger partial charge in [-0.15, -0.1) is 0 Å². The minimum absolute atomic E-state index is 0.0568. The second-order valence-electron chi connectivity index (χ2n) is 6.63. The average molecular weight is 369 g/mol. The maximum absolute atomic E-state index is 13.8. The van der Waals surface area contributed by atoms with Gasteiger partial charge in [0.25, 0.3) is 5.92 Å². The van der Waals surface area contributed by atoms with Crippen LogP contribution in [0.25, 0.3) is 11.1 Å². The minimum Gasteiger partial charge on any atom is -0.275 e. The summed E-state index contributed by atoms with van der Waals surface area (Å²) in [5.41, 5.74) is 2.87. The lowest BCUT2D eigenvalue weighted by Crippen LogP contribution is -2.45. The Hall–Kier alpha value is -1.80. The zero-order valence-electron chi connectivity index (χ0n) is 14.5. The van der Waals surface area contributed by atoms with E-state index in [1.54, 1.807) is 36.3 Å². The SMILES string of the molecule is Cc1cc(-c2cnn(C)c2)c(S(=O)(=O)N2CCCC(F)(F)C2)cc1C. The summed E-state index contributed by atoms with van der Waals surface area (Å²) < 4.78 is 56.2. The Bertz CT molecular complexity index is 907. The number of hydrogen-bond donors (Lipinski definition) is 0. The second-order valence-corrected chi connectivity index (χ2v) is 8.54. The lowest BCUT2D eigenvalue weighted by molar-refractivity contribution is -0.0434. The number of hydrogen-bond acceptors (Lipinski definition) is 3. The predicted octanol–water partition coefficient (Wildman–Crippen LogP) is 3.12. The molecule has 0 spiro atoms. The van der Waals surface area contributed by atoms with Crippen LogP contribution in [0.15, 0.2) is 29.4 Å². The molecule has 0 N–H and O–H groups in total. The van der Waals surface area contributed by atoms with E-state index in [9.17, 15) is 17.2 Å². The van der Waals surface area contributed by atoms with E-state index >= 15 is 0 Å². The first-order valence-corrected chi connectivity index (χ1v) is 9.52. The van der Waals surface area contributed by atoms with Crippen molar-refractivity contribution in [2.24, 2.45) is 7.05 Å². The predicted molar refractivity (Wildman–Crippen MR) is 91.1 cm³/mol. The van der Waals surface area contributed by atoms with E-state index in [-0.39, 0.29) is 24.3 Å². The van der Waals surface area contributed by atoms with Crippen molar-refractivity contribution < 1.29 is 17.2 Å². The molecule has 25 heavy (non-hydrogen) atoms. The molecule has 8 heteroatoms. The number of aryl methyl sites for hydroxylation is 3. The molecule has 3 rings (SSSR count). The Labute approximate surface area is 146 Å². The Morgan fingerprint density at radius 1 is 1.20 bits per heavy atom. The minimum atomic E-state index is -4.03. The Morgan fingerprint density at radius 3 is 2.48 bits per heavy atom. The number of halogens is 2. The van der Waals surface area contributed by atoms with Gasteiger partial charge in [0, 0.05) is 37.3 Å². The van der Waals surface area contributed by atoms with Crippen LogP contribution in [0, 0.1) is 13.8 Å². The van der Waals surface area contributed by atoms with Gasteiger partial charge in [-0.25, -0.2) is 17.2 Å². The molecule has 0 atom stereocenters. The van der Waals surface area contributed by atoms with Gasteiger partial charge in [0.1, 0.15) is 0 Å². The van der Waals surface area contributed by atoms with Crippen molar-refractivity contribution in [1.82, 2.24) is 14.1 Å². The summed E-state index contributed by atoms with van der Waals surface area (Å²) in [6.07, 6.45) is 3.17. The Kier molecular flexibility index (Phi) is 4.45. The summed E-state index contributed by atoms with van der Waals surface area (Å²) >= 11 is 0. The molecule has 5 nitrogen and oxygen atoms in total. The van der Waals surface area contributed by atoms with E-state index in [1.165, 1.54) is 0 Å². The van der Waals surface area contributed by atoms with Gasteiger partial charge in [-0.2, -0.15) is 9.40 Å². The highest BCUT2D eigenvalue weighted by atomic mass is 32.2. The van der Waals surface area contributed by atoms with Crippen LogP contribution in [-0.4, -0.2) is 41.5 Å². The first-order chi connectivity index (χ1) is 11.6. The summed E-state index contributed by atoms with van der Waals surface area (Å²) in [4.78, 5) is 0.0568. The summed E-state index contributed by atoms with van der Waals surface area (Å²) in [6.45, 7) is 3.04. The van der Waals surface area contributed by atoms with Crippen LogP contribution < -0.4 is 0 Å². The number of nitrogens with zero attached hydrogens (tertiary/aromatic N) is 3. The molecular formula is C17H21F2N3O2S. The largest absolute Gasteiger partial charge is 0.275 e. The third kappa shape index (κ3) is 3.46. The average Bonchev–Trinajstić information content (AvgIpc) is 2.95. The monoisotopic (exact) mass is 369 g/mol. The molecule has 136 valence electrons. The zero-order chi connectivity index (χ0) is 18.4. The van der Waals surface area contributed by atoms with Crippen molar-refractivity contribution in [2.75, 3.05) is 13.1 Å². The first kappa shape index (κ1) is 18.0. The van der Waals surface area contributed by atoms with Crippen LogP contribution in [0.4, 0.5) is 8.78 Å². The third-order valence-electron chi connectivity index (χ3n) is 4.59. The van der Waals surface area contributed by atoms with E-state index in [0.717, 1.165) is 15.4 Å². The lowest BCUT2D eigenvalue weighted by atomic mass is 10.0. The van der Waals surface area contributed by atoms with Gasteiger partial charge < -0.3 is 0 Å². The summed E-state index contributed by atoms with van der Waals surface area (Å²) in [7, 11) is -2.29. The summed E-state index contributed by atoms with van der Waals surface area (Å²) in [5.74, 6) is -2.99. The van der Waals surface area contributed by atoms with Crippen LogP contribution in [0.2, 0.25) is 0 Å². The molecule has 0 aliphatic carbocycles. The Balaban J connectivity index is 2.13. The van der Waals surface area contributed by atoms with Gasteiger partial charge in [0.05, 0.1) is 17.6 Å². The molecule has 1 aromatic heterocycles. The van der Waals surface area contributed by atoms with Crippen molar-refractivity contribution in [1.29, 1.82) is 0 Å². The molecule has 0 saturated carbocycles. The number of rotatable bonds is 3. The molecule has 1 aliphatic rings. The first-order valence-electron chi connectivity index (χ1n) is 8.08. The van der Waals surface area contributed by atoms with Gasteiger partial charge in [0.15, 0.2) is 0 Å². The van der Waals surface area contributed by atoms with E-state index in [4.69, 9.17) is 0 Å². The van der Waals surface area contributed by atoms with Gasteiger partial charge in [-0.3, -0.25) is 4.68 Å². The standard InChI is InChI=1S/C17H21F2N3O2S/c1-12-7-15(14-9-20-21(3)10-14)16(8-13(12)2)25(23,24)22-6-4-5-17(18,19)11-22/h7-10H,4-6,11H2,1-3H3. The van der Waals surface area contributed by atoms with E-state index in [2.05, 4.69) is 5.10 Å². The van der Waals surface area contributed by atoms with Crippen LogP contribution >= 0.6 is 0 Å². The van der Waals surface area contributed by atoms with E-state index in [0.29, 0.717) is 11.1 Å². The maximum Gasteiger partial charge on any atom is 0.261 e. The zero-order valence-corrected chi connectivity index (χ0v) is 15.3. The van der Waals surface area contributed by atoms with Crippen molar-refractivity contribution >= 4 is 10.0 Å². The van der Waals surface area contributed by atoms with Crippen molar-refractivity contribution in [3.05, 3.63) is 35.7 Å². The number of sulfonamides is 1. The summed E-state index contributed by atoms with van der Waals surface area (Å²) in [5, 5.41) is 4.09. The molecule has 0 amide bonds. The Morgan fingerprint density at radius 2 is 1.88 bits per heavy atom. The lowest BCUT2D eigenvalue weighted by Gasteiger charge is -2.32. The van der Waals surface area contributed by atoms with Gasteiger partial charge in [-0.05, 0) is 43.5 Å². The van der Waals surface area contributed by atoms with Crippen LogP contribution in [-0.2, 0) is 17.1 Å². The van der Waals surface area contributed by atoms with Crippen LogP contribution in [0.3, 0.4) is 0 Å². The molecule has 1 saturated heterocycles. The highest BCUT2D eigenvalue weighted by molar-refractivity contribution is 7.89. The summed E-state index contributed by atoms with van der Waals surface area (Å²) in [6, 6.07) is 3.35. The molecule has 1 aliphatic heterocycles. The van der Waals surface area contributed by atoms with Gasteiger partial charge >= 0.3 is 0 Å². The van der Waals surface area contributed by atoms with Gasteiger partial charge in [0.2, 0.25) is 10.0 Å². The third-order valence-corrected chi connectivity index (χ3v) is 6.47. The molecule has 0 unspecified atom stereocenters. The fraction of sp³-hybridized carbons (Fsp3) is 0.471. The maximum atomic E-state index is 13.8. The van der Waals surface area contributed by atoms with E-state index in [1.807, 2.05) is 13.8 Å². The molecule has 0 radical (unpaired) electrons. The quantitative estimate of drug-likeness (QED) is 0.835. The van der Waals surface area contributed by atoms with E-state index < -0.39 is 22.5 Å².